The molecule has 77 heavy (non-hydrogen) atoms. The van der Waals surface area contributed by atoms with E-state index in [1.807, 2.05) is 11.3 Å². The average Bonchev–Trinajstić information content (AvgIpc) is 4.08. The van der Waals surface area contributed by atoms with E-state index in [1.54, 1.807) is 0 Å². The molecule has 0 saturated heterocycles. The molecule has 15 aromatic rings. The lowest BCUT2D eigenvalue weighted by Gasteiger charge is -2.19. The molecule has 0 aliphatic rings. The number of hydrogen-bond donors (Lipinski definition) is 0. The zero-order chi connectivity index (χ0) is 50.8. The lowest BCUT2D eigenvalue weighted by Crippen LogP contribution is -1.92. The highest BCUT2D eigenvalue weighted by Gasteiger charge is 2.22. The molecule has 0 nitrogen and oxygen atoms in total. The van der Waals surface area contributed by atoms with Crippen LogP contribution in [0, 0.1) is 0 Å². The van der Waals surface area contributed by atoms with E-state index in [0.717, 1.165) is 0 Å². The molecular formula is C76H48S. The molecule has 0 spiro atoms. The first-order chi connectivity index (χ1) is 38.2. The molecule has 0 N–H and O–H groups in total. The van der Waals surface area contributed by atoms with Crippen molar-refractivity contribution in [3.8, 4) is 89.0 Å². The maximum absolute atomic E-state index is 2.47. The quantitative estimate of drug-likeness (QED) is 0.133. The standard InChI is InChI=1S/C76H48S/c1-5-21-49(22-6-1)55-41-56(50-23-7-2-8-24-50)44-59(43-55)75-65-33-17-13-29-61(65)73(62-30-14-18-34-66(62)75)53-37-39-71-69(47-53)70-48-54(38-40-72(70)77-71)74-63-31-15-19-35-67(63)76(68-36-20-16-32-64(68)74)60-45-57(51-25-9-3-10-26-51)42-58(46-60)52-27-11-4-12-28-52/h1-48H. The molecule has 14 aromatic carbocycles. The Morgan fingerprint density at radius 3 is 0.623 bits per heavy atom. The third-order valence-corrected chi connectivity index (χ3v) is 16.9. The molecule has 0 radical (unpaired) electrons. The van der Waals surface area contributed by atoms with Crippen LogP contribution in [-0.4, -0.2) is 0 Å². The lowest BCUT2D eigenvalue weighted by atomic mass is 9.84. The van der Waals surface area contributed by atoms with Gasteiger partial charge in [0.2, 0.25) is 0 Å². The van der Waals surface area contributed by atoms with Crippen LogP contribution in [0.5, 0.6) is 0 Å². The number of thiophene rings is 1. The first kappa shape index (κ1) is 44.8. The Labute approximate surface area is 452 Å². The maximum atomic E-state index is 2.47. The molecule has 1 aromatic heterocycles. The SMILES string of the molecule is c1ccc(-c2cc(-c3ccccc3)cc(-c3c4ccccc4c(-c4ccc5sc6ccc(-c7c8ccccc8c(-c8cc(-c9ccccc9)cc(-c9ccccc9)c8)c8ccccc78)cc6c5c4)c4ccccc34)c2)cc1. The third-order valence-electron chi connectivity index (χ3n) is 15.8. The van der Waals surface area contributed by atoms with Gasteiger partial charge in [0.15, 0.2) is 0 Å². The van der Waals surface area contributed by atoms with E-state index in [9.17, 15) is 0 Å². The fourth-order valence-corrected chi connectivity index (χ4v) is 13.4. The van der Waals surface area contributed by atoms with Gasteiger partial charge in [-0.15, -0.1) is 11.3 Å². The van der Waals surface area contributed by atoms with E-state index >= 15 is 0 Å². The molecule has 1 heterocycles. The van der Waals surface area contributed by atoms with Gasteiger partial charge in [-0.25, -0.2) is 0 Å². The molecule has 1 heteroatoms. The molecule has 15 rings (SSSR count). The highest BCUT2D eigenvalue weighted by molar-refractivity contribution is 7.25. The van der Waals surface area contributed by atoms with Crippen LogP contribution < -0.4 is 0 Å². The summed E-state index contributed by atoms with van der Waals surface area (Å²) in [6.45, 7) is 0. The fourth-order valence-electron chi connectivity index (χ4n) is 12.3. The minimum absolute atomic E-state index is 1.20. The van der Waals surface area contributed by atoms with Crippen LogP contribution >= 0.6 is 11.3 Å². The number of fused-ring (bicyclic) bond motifs is 7. The monoisotopic (exact) mass is 992 g/mol. The largest absolute Gasteiger partial charge is 0.135 e. The van der Waals surface area contributed by atoms with E-state index in [4.69, 9.17) is 0 Å². The van der Waals surface area contributed by atoms with Crippen molar-refractivity contribution in [3.63, 3.8) is 0 Å². The van der Waals surface area contributed by atoms with Gasteiger partial charge in [0, 0.05) is 20.2 Å². The first-order valence-corrected chi connectivity index (χ1v) is 27.4. The molecular weight excluding hydrogens is 945 g/mol. The molecule has 358 valence electrons. The van der Waals surface area contributed by atoms with E-state index in [0.29, 0.717) is 0 Å². The highest BCUT2D eigenvalue weighted by Crippen LogP contribution is 2.49. The Morgan fingerprint density at radius 2 is 0.364 bits per heavy atom. The van der Waals surface area contributed by atoms with E-state index in [-0.39, 0.29) is 0 Å². The van der Waals surface area contributed by atoms with Crippen molar-refractivity contribution in [2.75, 3.05) is 0 Å². The Bertz CT molecular complexity index is 4230. The van der Waals surface area contributed by atoms with E-state index < -0.39 is 0 Å². The molecule has 0 unspecified atom stereocenters. The summed E-state index contributed by atoms with van der Waals surface area (Å²) in [6.07, 6.45) is 0. The van der Waals surface area contributed by atoms with Gasteiger partial charge < -0.3 is 0 Å². The van der Waals surface area contributed by atoms with E-state index in [1.165, 1.54) is 152 Å². The van der Waals surface area contributed by atoms with Gasteiger partial charge in [-0.3, -0.25) is 0 Å². The molecule has 0 bridgehead atoms. The van der Waals surface area contributed by atoms with Crippen molar-refractivity contribution < 1.29 is 0 Å². The molecule has 0 amide bonds. The molecule has 0 fully saturated rings. The second-order valence-electron chi connectivity index (χ2n) is 20.3. The lowest BCUT2D eigenvalue weighted by molar-refractivity contribution is 1.58. The molecule has 0 aliphatic carbocycles. The van der Waals surface area contributed by atoms with Crippen LogP contribution in [0.25, 0.3) is 152 Å². The summed E-state index contributed by atoms with van der Waals surface area (Å²) < 4.78 is 2.57. The minimum Gasteiger partial charge on any atom is -0.135 e. The van der Waals surface area contributed by atoms with Crippen molar-refractivity contribution in [2.45, 2.75) is 0 Å². The van der Waals surface area contributed by atoms with Crippen LogP contribution in [0.4, 0.5) is 0 Å². The predicted molar refractivity (Wildman–Crippen MR) is 333 cm³/mol. The number of benzene rings is 14. The summed E-state index contributed by atoms with van der Waals surface area (Å²) in [5, 5.41) is 12.5. The zero-order valence-corrected chi connectivity index (χ0v) is 42.9. The van der Waals surface area contributed by atoms with Crippen molar-refractivity contribution in [1.29, 1.82) is 0 Å². The smallest absolute Gasteiger partial charge is 0.0355 e. The van der Waals surface area contributed by atoms with Crippen LogP contribution in [0.3, 0.4) is 0 Å². The normalized spacial score (nSPS) is 11.6. The summed E-state index contributed by atoms with van der Waals surface area (Å²) in [5.41, 5.74) is 19.5. The Hall–Kier alpha value is -9.66. The highest BCUT2D eigenvalue weighted by atomic mass is 32.1. The summed E-state index contributed by atoms with van der Waals surface area (Å²) in [7, 11) is 0. The topological polar surface area (TPSA) is 0 Å². The van der Waals surface area contributed by atoms with Gasteiger partial charge >= 0.3 is 0 Å². The van der Waals surface area contributed by atoms with Gasteiger partial charge in [0.05, 0.1) is 0 Å². The minimum atomic E-state index is 1.20. The number of hydrogen-bond acceptors (Lipinski definition) is 1. The van der Waals surface area contributed by atoms with Crippen LogP contribution in [0.15, 0.2) is 291 Å². The summed E-state index contributed by atoms with van der Waals surface area (Å²) >= 11 is 1.88. The van der Waals surface area contributed by atoms with Gasteiger partial charge in [0.1, 0.15) is 0 Å². The second kappa shape index (κ2) is 18.6. The predicted octanol–water partition coefficient (Wildman–Crippen LogP) is 22.0. The number of rotatable bonds is 8. The maximum Gasteiger partial charge on any atom is 0.0355 e. The fraction of sp³-hybridized carbons (Fsp3) is 0. The molecule has 0 aliphatic heterocycles. The van der Waals surface area contributed by atoms with Crippen molar-refractivity contribution in [1.82, 2.24) is 0 Å². The van der Waals surface area contributed by atoms with Gasteiger partial charge in [-0.2, -0.15) is 0 Å². The van der Waals surface area contributed by atoms with Crippen LogP contribution in [0.2, 0.25) is 0 Å². The molecule has 0 atom stereocenters. The van der Waals surface area contributed by atoms with Crippen molar-refractivity contribution in [2.24, 2.45) is 0 Å². The van der Waals surface area contributed by atoms with E-state index in [2.05, 4.69) is 291 Å². The summed E-state index contributed by atoms with van der Waals surface area (Å²) in [6, 6.07) is 108. The van der Waals surface area contributed by atoms with Crippen LogP contribution in [0.1, 0.15) is 0 Å². The molecule has 0 saturated carbocycles. The Morgan fingerprint density at radius 1 is 0.143 bits per heavy atom. The summed E-state index contributed by atoms with van der Waals surface area (Å²) in [5.74, 6) is 0. The van der Waals surface area contributed by atoms with Gasteiger partial charge in [-0.1, -0.05) is 231 Å². The van der Waals surface area contributed by atoms with Crippen molar-refractivity contribution in [3.05, 3.63) is 291 Å². The third kappa shape index (κ3) is 7.74. The Kier molecular flexibility index (Phi) is 10.8. The van der Waals surface area contributed by atoms with Gasteiger partial charge in [-0.05, 0) is 193 Å². The van der Waals surface area contributed by atoms with Crippen molar-refractivity contribution >= 4 is 74.6 Å². The first-order valence-electron chi connectivity index (χ1n) is 26.6. The average molecular weight is 993 g/mol. The second-order valence-corrected chi connectivity index (χ2v) is 21.4. The van der Waals surface area contributed by atoms with Gasteiger partial charge in [0.25, 0.3) is 0 Å². The Balaban J connectivity index is 0.916. The zero-order valence-electron chi connectivity index (χ0n) is 42.1. The summed E-state index contributed by atoms with van der Waals surface area (Å²) in [4.78, 5) is 0. The van der Waals surface area contributed by atoms with Crippen LogP contribution in [-0.2, 0) is 0 Å².